The molecule has 0 N–H and O–H groups in total. The molecule has 1 aromatic rings. The van der Waals surface area contributed by atoms with E-state index in [4.69, 9.17) is 11.6 Å². The maximum atomic E-state index is 12.3. The number of halogens is 4. The SMILES string of the molecule is O=C(CCl)N1CCN(C(=O)c2ccc(OC(F)(F)F)cc2)CC1. The number of benzene rings is 1. The molecule has 1 fully saturated rings. The van der Waals surface area contributed by atoms with Crippen LogP contribution in [0.5, 0.6) is 5.75 Å². The first-order chi connectivity index (χ1) is 10.8. The van der Waals surface area contributed by atoms with Crippen LogP contribution < -0.4 is 4.74 Å². The Morgan fingerprint density at radius 1 is 1.04 bits per heavy atom. The highest BCUT2D eigenvalue weighted by atomic mass is 35.5. The minimum atomic E-state index is -4.77. The van der Waals surface area contributed by atoms with Crippen molar-refractivity contribution >= 4 is 23.4 Å². The van der Waals surface area contributed by atoms with Gasteiger partial charge in [-0.2, -0.15) is 0 Å². The van der Waals surface area contributed by atoms with Crippen molar-refractivity contribution in [2.45, 2.75) is 6.36 Å². The second-order valence-corrected chi connectivity index (χ2v) is 5.15. The van der Waals surface area contributed by atoms with Gasteiger partial charge in [-0.1, -0.05) is 0 Å². The molecule has 0 saturated carbocycles. The van der Waals surface area contributed by atoms with Crippen LogP contribution in [-0.4, -0.2) is 60.0 Å². The second-order valence-electron chi connectivity index (χ2n) is 4.88. The molecule has 0 aromatic heterocycles. The second kappa shape index (κ2) is 7.08. The molecule has 1 aliphatic rings. The van der Waals surface area contributed by atoms with E-state index in [9.17, 15) is 22.8 Å². The van der Waals surface area contributed by atoms with Gasteiger partial charge in [0, 0.05) is 31.7 Å². The van der Waals surface area contributed by atoms with E-state index in [-0.39, 0.29) is 29.0 Å². The molecule has 2 amide bonds. The summed E-state index contributed by atoms with van der Waals surface area (Å²) in [6.07, 6.45) is -4.77. The van der Waals surface area contributed by atoms with Gasteiger partial charge < -0.3 is 14.5 Å². The number of carbonyl (C=O) groups is 2. The number of ether oxygens (including phenoxy) is 1. The molecular weight excluding hydrogens is 337 g/mol. The van der Waals surface area contributed by atoms with Crippen molar-refractivity contribution in [1.29, 1.82) is 0 Å². The van der Waals surface area contributed by atoms with Crippen LogP contribution in [0.3, 0.4) is 0 Å². The molecule has 1 aliphatic heterocycles. The van der Waals surface area contributed by atoms with Crippen LogP contribution in [0, 0.1) is 0 Å². The van der Waals surface area contributed by atoms with Crippen molar-refractivity contribution in [3.05, 3.63) is 29.8 Å². The summed E-state index contributed by atoms with van der Waals surface area (Å²) in [7, 11) is 0. The number of carbonyl (C=O) groups excluding carboxylic acids is 2. The third-order valence-electron chi connectivity index (χ3n) is 3.37. The summed E-state index contributed by atoms with van der Waals surface area (Å²) < 4.78 is 40.0. The Hall–Kier alpha value is -1.96. The van der Waals surface area contributed by atoms with Gasteiger partial charge in [-0.15, -0.1) is 24.8 Å². The lowest BCUT2D eigenvalue weighted by Crippen LogP contribution is -2.50. The maximum Gasteiger partial charge on any atom is 0.573 e. The molecule has 23 heavy (non-hydrogen) atoms. The Morgan fingerprint density at radius 2 is 1.57 bits per heavy atom. The molecule has 1 heterocycles. The van der Waals surface area contributed by atoms with Crippen molar-refractivity contribution in [3.8, 4) is 5.75 Å². The predicted molar refractivity (Wildman–Crippen MR) is 76.3 cm³/mol. The number of nitrogens with zero attached hydrogens (tertiary/aromatic N) is 2. The van der Waals surface area contributed by atoms with Crippen molar-refractivity contribution in [2.24, 2.45) is 0 Å². The zero-order valence-electron chi connectivity index (χ0n) is 12.0. The van der Waals surface area contributed by atoms with Gasteiger partial charge in [0.1, 0.15) is 11.6 Å². The van der Waals surface area contributed by atoms with Crippen molar-refractivity contribution in [2.75, 3.05) is 32.1 Å². The third-order valence-corrected chi connectivity index (χ3v) is 3.60. The fraction of sp³-hybridized carbons (Fsp3) is 0.429. The number of hydrogen-bond acceptors (Lipinski definition) is 3. The highest BCUT2D eigenvalue weighted by Crippen LogP contribution is 2.23. The Labute approximate surface area is 135 Å². The van der Waals surface area contributed by atoms with Crippen LogP contribution in [0.15, 0.2) is 24.3 Å². The summed E-state index contributed by atoms with van der Waals surface area (Å²) in [6, 6.07) is 4.74. The lowest BCUT2D eigenvalue weighted by molar-refractivity contribution is -0.274. The van der Waals surface area contributed by atoms with E-state index in [0.29, 0.717) is 26.2 Å². The topological polar surface area (TPSA) is 49.9 Å². The number of amides is 2. The molecule has 0 spiro atoms. The van der Waals surface area contributed by atoms with Crippen LogP contribution in [0.25, 0.3) is 0 Å². The van der Waals surface area contributed by atoms with Crippen molar-refractivity contribution in [3.63, 3.8) is 0 Å². The van der Waals surface area contributed by atoms with Gasteiger partial charge in [-0.25, -0.2) is 0 Å². The average molecular weight is 351 g/mol. The van der Waals surface area contributed by atoms with E-state index >= 15 is 0 Å². The first-order valence-corrected chi connectivity index (χ1v) is 7.32. The molecule has 0 aliphatic carbocycles. The highest BCUT2D eigenvalue weighted by Gasteiger charge is 2.31. The van der Waals surface area contributed by atoms with Crippen molar-refractivity contribution in [1.82, 2.24) is 9.80 Å². The van der Waals surface area contributed by atoms with Gasteiger partial charge >= 0.3 is 6.36 Å². The minimum Gasteiger partial charge on any atom is -0.406 e. The molecule has 0 unspecified atom stereocenters. The van der Waals surface area contributed by atoms with E-state index in [0.717, 1.165) is 12.1 Å². The third kappa shape index (κ3) is 4.75. The summed E-state index contributed by atoms with van der Waals surface area (Å²) in [5.41, 5.74) is 0.261. The molecule has 9 heteroatoms. The molecule has 5 nitrogen and oxygen atoms in total. The zero-order chi connectivity index (χ0) is 17.0. The Morgan fingerprint density at radius 3 is 2.04 bits per heavy atom. The standard InChI is InChI=1S/C14H14ClF3N2O3/c15-9-12(21)19-5-7-20(8-6-19)13(22)10-1-3-11(4-2-10)23-14(16,17)18/h1-4H,5-9H2. The first-order valence-electron chi connectivity index (χ1n) is 6.79. The van der Waals surface area contributed by atoms with Crippen LogP contribution in [0.4, 0.5) is 13.2 Å². The maximum absolute atomic E-state index is 12.3. The smallest absolute Gasteiger partial charge is 0.406 e. The average Bonchev–Trinajstić information content (AvgIpc) is 2.53. The van der Waals surface area contributed by atoms with Crippen LogP contribution in [0.1, 0.15) is 10.4 Å². The summed E-state index contributed by atoms with van der Waals surface area (Å²) in [4.78, 5) is 26.8. The van der Waals surface area contributed by atoms with Crippen LogP contribution >= 0.6 is 11.6 Å². The molecule has 2 rings (SSSR count). The molecular formula is C14H14ClF3N2O3. The molecule has 0 radical (unpaired) electrons. The Balaban J connectivity index is 1.95. The largest absolute Gasteiger partial charge is 0.573 e. The van der Waals surface area contributed by atoms with Crippen LogP contribution in [-0.2, 0) is 4.79 Å². The van der Waals surface area contributed by atoms with E-state index in [1.807, 2.05) is 0 Å². The van der Waals surface area contributed by atoms with Crippen molar-refractivity contribution < 1.29 is 27.5 Å². The fourth-order valence-corrected chi connectivity index (χ4v) is 2.39. The van der Waals surface area contributed by atoms with Gasteiger partial charge in [0.15, 0.2) is 0 Å². The predicted octanol–water partition coefficient (Wildman–Crippen LogP) is 2.11. The lowest BCUT2D eigenvalue weighted by atomic mass is 10.1. The Kier molecular flexibility index (Phi) is 5.35. The summed E-state index contributed by atoms with van der Waals surface area (Å²) in [6.45, 7) is 1.46. The number of alkyl halides is 4. The molecule has 126 valence electrons. The Bertz CT molecular complexity index is 570. The van der Waals surface area contributed by atoms with E-state index in [1.165, 1.54) is 17.0 Å². The highest BCUT2D eigenvalue weighted by molar-refractivity contribution is 6.27. The normalized spacial score (nSPS) is 15.5. The van der Waals surface area contributed by atoms with Gasteiger partial charge in [0.2, 0.25) is 5.91 Å². The summed E-state index contributed by atoms with van der Waals surface area (Å²) >= 11 is 5.48. The lowest BCUT2D eigenvalue weighted by Gasteiger charge is -2.34. The number of rotatable bonds is 3. The van der Waals surface area contributed by atoms with Crippen LogP contribution in [0.2, 0.25) is 0 Å². The zero-order valence-corrected chi connectivity index (χ0v) is 12.7. The van der Waals surface area contributed by atoms with E-state index in [1.54, 1.807) is 4.90 Å². The summed E-state index contributed by atoms with van der Waals surface area (Å²) in [5, 5.41) is 0. The van der Waals surface area contributed by atoms with Gasteiger partial charge in [-0.05, 0) is 24.3 Å². The monoisotopic (exact) mass is 350 g/mol. The first kappa shape index (κ1) is 17.4. The molecule has 0 bridgehead atoms. The number of piperazine rings is 1. The molecule has 1 aromatic carbocycles. The summed E-state index contributed by atoms with van der Waals surface area (Å²) in [5.74, 6) is -0.977. The van der Waals surface area contributed by atoms with E-state index < -0.39 is 6.36 Å². The minimum absolute atomic E-state index is 0.103. The molecule has 1 saturated heterocycles. The fourth-order valence-electron chi connectivity index (χ4n) is 2.23. The van der Waals surface area contributed by atoms with Gasteiger partial charge in [0.25, 0.3) is 5.91 Å². The van der Waals surface area contributed by atoms with E-state index in [2.05, 4.69) is 4.74 Å². The van der Waals surface area contributed by atoms with Gasteiger partial charge in [0.05, 0.1) is 0 Å². The molecule has 0 atom stereocenters. The number of hydrogen-bond donors (Lipinski definition) is 0. The van der Waals surface area contributed by atoms with Gasteiger partial charge in [-0.3, -0.25) is 9.59 Å². The quantitative estimate of drug-likeness (QED) is 0.785.